The third-order valence-electron chi connectivity index (χ3n) is 1.84. The van der Waals surface area contributed by atoms with E-state index in [1.165, 1.54) is 0 Å². The van der Waals surface area contributed by atoms with Crippen LogP contribution in [0, 0.1) is 0 Å². The highest BCUT2D eigenvalue weighted by Gasteiger charge is 2.03. The summed E-state index contributed by atoms with van der Waals surface area (Å²) in [6.07, 6.45) is 0.823. The molecule has 0 radical (unpaired) electrons. The van der Waals surface area contributed by atoms with Gasteiger partial charge in [-0.15, -0.1) is 11.6 Å². The number of carbonyl (C=O) groups excluding carboxylic acids is 1. The molecular formula is C15H24BrClO2. The highest BCUT2D eigenvalue weighted by atomic mass is 79.9. The van der Waals surface area contributed by atoms with E-state index in [0.29, 0.717) is 23.4 Å². The molecule has 0 heterocycles. The Morgan fingerprint density at radius 1 is 1.16 bits per heavy atom. The van der Waals surface area contributed by atoms with Gasteiger partial charge in [-0.2, -0.15) is 0 Å². The minimum atomic E-state index is 0.0716. The molecule has 0 amide bonds. The molecule has 0 spiro atoms. The van der Waals surface area contributed by atoms with E-state index < -0.39 is 0 Å². The van der Waals surface area contributed by atoms with Gasteiger partial charge < -0.3 is 4.74 Å². The monoisotopic (exact) mass is 350 g/mol. The lowest BCUT2D eigenvalue weighted by molar-refractivity contribution is 0.102. The molecule has 1 aromatic carbocycles. The fourth-order valence-corrected chi connectivity index (χ4v) is 1.49. The highest BCUT2D eigenvalue weighted by Crippen LogP contribution is 2.13. The quantitative estimate of drug-likeness (QED) is 0.393. The van der Waals surface area contributed by atoms with Gasteiger partial charge in [0.25, 0.3) is 0 Å². The molecule has 2 nitrogen and oxygen atoms in total. The molecular weight excluding hydrogens is 328 g/mol. The molecule has 0 aliphatic heterocycles. The molecule has 0 N–H and O–H groups in total. The normalized spacial score (nSPS) is 8.53. The summed E-state index contributed by atoms with van der Waals surface area (Å²) >= 11 is 8.65. The Balaban J connectivity index is 0. The fraction of sp³-hybridized carbons (Fsp3) is 0.533. The van der Waals surface area contributed by atoms with Crippen LogP contribution in [0.15, 0.2) is 24.3 Å². The van der Waals surface area contributed by atoms with Crippen LogP contribution in [0.25, 0.3) is 0 Å². The van der Waals surface area contributed by atoms with Crippen molar-refractivity contribution in [3.05, 3.63) is 29.8 Å². The number of Topliss-reactive ketones (excluding diaryl/α,β-unsaturated/α-hetero) is 1. The molecule has 110 valence electrons. The van der Waals surface area contributed by atoms with Gasteiger partial charge in [0, 0.05) is 11.4 Å². The van der Waals surface area contributed by atoms with Crippen LogP contribution in [0.4, 0.5) is 0 Å². The molecule has 0 fully saturated rings. The van der Waals surface area contributed by atoms with Crippen LogP contribution < -0.4 is 4.74 Å². The average molecular weight is 352 g/mol. The van der Waals surface area contributed by atoms with Gasteiger partial charge in [0.15, 0.2) is 5.78 Å². The van der Waals surface area contributed by atoms with E-state index in [0.717, 1.165) is 12.2 Å². The Morgan fingerprint density at radius 3 is 2.11 bits per heavy atom. The molecule has 0 aliphatic carbocycles. The zero-order valence-electron chi connectivity index (χ0n) is 12.2. The molecule has 0 saturated heterocycles. The lowest BCUT2D eigenvalue weighted by atomic mass is 10.1. The van der Waals surface area contributed by atoms with Crippen LogP contribution >= 0.6 is 27.5 Å². The Kier molecular flexibility index (Phi) is 17.0. The number of ether oxygens (including phenoxy) is 1. The first-order chi connectivity index (χ1) is 9.27. The van der Waals surface area contributed by atoms with E-state index >= 15 is 0 Å². The molecule has 0 bridgehead atoms. The van der Waals surface area contributed by atoms with Gasteiger partial charge in [-0.05, 0) is 30.7 Å². The summed E-state index contributed by atoms with van der Waals surface area (Å²) in [5, 5.41) is 0.347. The van der Waals surface area contributed by atoms with Gasteiger partial charge in [-0.3, -0.25) is 4.79 Å². The SMILES string of the molecule is CC.CC.O=C(CBr)c1ccc(OCCCCl)cc1. The van der Waals surface area contributed by atoms with E-state index in [4.69, 9.17) is 16.3 Å². The van der Waals surface area contributed by atoms with E-state index in [-0.39, 0.29) is 5.78 Å². The van der Waals surface area contributed by atoms with E-state index in [2.05, 4.69) is 15.9 Å². The molecule has 1 aromatic rings. The van der Waals surface area contributed by atoms with E-state index in [1.54, 1.807) is 24.3 Å². The molecule has 19 heavy (non-hydrogen) atoms. The second-order valence-corrected chi connectivity index (χ2v) is 3.91. The Bertz CT molecular complexity index is 312. The first-order valence-corrected chi connectivity index (χ1v) is 8.31. The lowest BCUT2D eigenvalue weighted by Gasteiger charge is -2.05. The fourth-order valence-electron chi connectivity index (χ4n) is 1.06. The molecule has 0 saturated carbocycles. The van der Waals surface area contributed by atoms with Crippen molar-refractivity contribution in [3.63, 3.8) is 0 Å². The van der Waals surface area contributed by atoms with Crippen LogP contribution in [0.5, 0.6) is 5.75 Å². The summed E-state index contributed by atoms with van der Waals surface area (Å²) in [6.45, 7) is 8.61. The number of carbonyl (C=O) groups is 1. The van der Waals surface area contributed by atoms with E-state index in [1.807, 2.05) is 27.7 Å². The summed E-state index contributed by atoms with van der Waals surface area (Å²) < 4.78 is 5.41. The van der Waals surface area contributed by atoms with Crippen molar-refractivity contribution in [1.29, 1.82) is 0 Å². The van der Waals surface area contributed by atoms with Crippen LogP contribution in [0.2, 0.25) is 0 Å². The van der Waals surface area contributed by atoms with Crippen LogP contribution in [-0.2, 0) is 0 Å². The summed E-state index contributed by atoms with van der Waals surface area (Å²) in [6, 6.07) is 7.12. The second kappa shape index (κ2) is 15.5. The van der Waals surface area contributed by atoms with Crippen molar-refractivity contribution in [2.24, 2.45) is 0 Å². The van der Waals surface area contributed by atoms with Gasteiger partial charge in [-0.25, -0.2) is 0 Å². The maximum absolute atomic E-state index is 11.3. The van der Waals surface area contributed by atoms with Crippen LogP contribution in [-0.4, -0.2) is 23.6 Å². The maximum Gasteiger partial charge on any atom is 0.173 e. The number of rotatable bonds is 6. The minimum absolute atomic E-state index is 0.0716. The molecule has 0 aromatic heterocycles. The smallest absolute Gasteiger partial charge is 0.173 e. The average Bonchev–Trinajstić information content (AvgIpc) is 2.51. The lowest BCUT2D eigenvalue weighted by Crippen LogP contribution is -2.01. The molecule has 4 heteroatoms. The van der Waals surface area contributed by atoms with E-state index in [9.17, 15) is 4.79 Å². The third-order valence-corrected chi connectivity index (χ3v) is 2.62. The van der Waals surface area contributed by atoms with Gasteiger partial charge in [0.1, 0.15) is 5.75 Å². The second-order valence-electron chi connectivity index (χ2n) is 2.97. The third kappa shape index (κ3) is 9.97. The van der Waals surface area contributed by atoms with Crippen molar-refractivity contribution in [2.75, 3.05) is 17.8 Å². The molecule has 1 rings (SSSR count). The largest absolute Gasteiger partial charge is 0.494 e. The zero-order chi connectivity index (χ0) is 15.1. The number of ketones is 1. The number of hydrogen-bond acceptors (Lipinski definition) is 2. The number of halogens is 2. The summed E-state index contributed by atoms with van der Waals surface area (Å²) in [5.41, 5.74) is 0.691. The summed E-state index contributed by atoms with van der Waals surface area (Å²) in [7, 11) is 0. The van der Waals surface area contributed by atoms with Gasteiger partial charge in [0.2, 0.25) is 0 Å². The summed E-state index contributed by atoms with van der Waals surface area (Å²) in [5.74, 6) is 1.44. The summed E-state index contributed by atoms with van der Waals surface area (Å²) in [4.78, 5) is 11.3. The predicted molar refractivity (Wildman–Crippen MR) is 88.1 cm³/mol. The maximum atomic E-state index is 11.3. The molecule has 0 unspecified atom stereocenters. The van der Waals surface area contributed by atoms with Crippen molar-refractivity contribution in [2.45, 2.75) is 34.1 Å². The standard InChI is InChI=1S/C11H12BrClO2.2C2H6/c12-8-11(14)9-2-4-10(5-3-9)15-7-1-6-13;2*1-2/h2-5H,1,6-8H2;2*1-2H3. The van der Waals surface area contributed by atoms with Crippen LogP contribution in [0.1, 0.15) is 44.5 Å². The Morgan fingerprint density at radius 2 is 1.68 bits per heavy atom. The van der Waals surface area contributed by atoms with Crippen molar-refractivity contribution in [1.82, 2.24) is 0 Å². The first-order valence-electron chi connectivity index (χ1n) is 6.66. The van der Waals surface area contributed by atoms with Gasteiger partial charge in [0.05, 0.1) is 11.9 Å². The predicted octanol–water partition coefficient (Wildman–Crippen LogP) is 5.32. The van der Waals surface area contributed by atoms with Gasteiger partial charge >= 0.3 is 0 Å². The Hall–Kier alpha value is -0.540. The van der Waals surface area contributed by atoms with Crippen molar-refractivity contribution >= 4 is 33.3 Å². The topological polar surface area (TPSA) is 26.3 Å². The molecule has 0 atom stereocenters. The number of hydrogen-bond donors (Lipinski definition) is 0. The van der Waals surface area contributed by atoms with Crippen molar-refractivity contribution < 1.29 is 9.53 Å². The zero-order valence-corrected chi connectivity index (χ0v) is 14.6. The van der Waals surface area contributed by atoms with Crippen molar-refractivity contribution in [3.8, 4) is 5.75 Å². The number of benzene rings is 1. The number of alkyl halides is 2. The highest BCUT2D eigenvalue weighted by molar-refractivity contribution is 9.09. The Labute approximate surface area is 130 Å². The first kappa shape index (κ1) is 20.8. The molecule has 0 aliphatic rings. The van der Waals surface area contributed by atoms with Crippen LogP contribution in [0.3, 0.4) is 0 Å². The minimum Gasteiger partial charge on any atom is -0.494 e. The van der Waals surface area contributed by atoms with Gasteiger partial charge in [-0.1, -0.05) is 43.6 Å².